The first kappa shape index (κ1) is 29.1. The standard InChI is InChI=1S/C28H38N12O2/c29-17-2-1-3-23(10-17)34-25(42)11-24(41)16-4-6-22(7-5-16)35-26-36-27(39-12-18(30)8-19(31)13-39)38-28(37-26)40-14-20(32)9-21(33)15-40/h1-7,10,18-21H,8-9,11-15,29-33H2,(H,34,42)(H,35,36,37,38)/t18-,19+,20-,21+. The Kier molecular flexibility index (Phi) is 8.77. The number of Topliss-reactive ketones (excluding diaryl/α,β-unsaturated/α-hetero) is 1. The van der Waals surface area contributed by atoms with E-state index in [1.54, 1.807) is 48.5 Å². The van der Waals surface area contributed by atoms with Gasteiger partial charge in [-0.05, 0) is 55.3 Å². The van der Waals surface area contributed by atoms with Crippen molar-refractivity contribution in [2.24, 2.45) is 22.9 Å². The Hall–Kier alpha value is -4.37. The van der Waals surface area contributed by atoms with Crippen molar-refractivity contribution in [1.29, 1.82) is 0 Å². The zero-order valence-electron chi connectivity index (χ0n) is 23.3. The molecule has 2 aliphatic rings. The van der Waals surface area contributed by atoms with Crippen molar-refractivity contribution in [2.45, 2.75) is 43.4 Å². The van der Waals surface area contributed by atoms with Crippen LogP contribution in [0.1, 0.15) is 29.6 Å². The molecule has 3 aromatic rings. The fourth-order valence-electron chi connectivity index (χ4n) is 5.31. The molecule has 42 heavy (non-hydrogen) atoms. The number of benzene rings is 2. The van der Waals surface area contributed by atoms with Crippen molar-refractivity contribution >= 4 is 46.6 Å². The third kappa shape index (κ3) is 7.47. The number of carbonyl (C=O) groups is 2. The van der Waals surface area contributed by atoms with Crippen LogP contribution >= 0.6 is 0 Å². The number of nitrogens with one attached hydrogen (secondary N) is 2. The second-order valence-electron chi connectivity index (χ2n) is 11.1. The van der Waals surface area contributed by atoms with Gasteiger partial charge in [0, 0.05) is 73.0 Å². The van der Waals surface area contributed by atoms with E-state index in [-0.39, 0.29) is 36.4 Å². The number of nitrogens with zero attached hydrogens (tertiary/aromatic N) is 5. The van der Waals surface area contributed by atoms with Gasteiger partial charge in [0.05, 0.1) is 6.42 Å². The van der Waals surface area contributed by atoms with Crippen LogP contribution in [-0.2, 0) is 4.79 Å². The summed E-state index contributed by atoms with van der Waals surface area (Å²) in [6.45, 7) is 2.27. The summed E-state index contributed by atoms with van der Waals surface area (Å²) in [6, 6.07) is 13.1. The molecule has 0 spiro atoms. The maximum atomic E-state index is 12.7. The highest BCUT2D eigenvalue weighted by Gasteiger charge is 2.29. The first-order valence-electron chi connectivity index (χ1n) is 13.9. The van der Waals surface area contributed by atoms with E-state index in [1.165, 1.54) is 0 Å². The minimum Gasteiger partial charge on any atom is -0.399 e. The normalized spacial score (nSPS) is 22.5. The molecule has 0 radical (unpaired) electrons. The quantitative estimate of drug-likeness (QED) is 0.108. The number of piperidine rings is 2. The van der Waals surface area contributed by atoms with Gasteiger partial charge in [-0.3, -0.25) is 9.59 Å². The summed E-state index contributed by atoms with van der Waals surface area (Å²) in [4.78, 5) is 43.1. The first-order chi connectivity index (χ1) is 20.1. The van der Waals surface area contributed by atoms with Gasteiger partial charge in [0.25, 0.3) is 0 Å². The second kappa shape index (κ2) is 12.7. The van der Waals surface area contributed by atoms with Crippen LogP contribution in [0.5, 0.6) is 0 Å². The van der Waals surface area contributed by atoms with Crippen molar-refractivity contribution in [2.75, 3.05) is 52.3 Å². The van der Waals surface area contributed by atoms with Crippen LogP contribution < -0.4 is 49.1 Å². The van der Waals surface area contributed by atoms with E-state index in [2.05, 4.69) is 20.6 Å². The lowest BCUT2D eigenvalue weighted by molar-refractivity contribution is -0.115. The summed E-state index contributed by atoms with van der Waals surface area (Å²) in [5, 5.41) is 5.90. The van der Waals surface area contributed by atoms with E-state index in [0.717, 1.165) is 12.8 Å². The van der Waals surface area contributed by atoms with E-state index >= 15 is 0 Å². The molecule has 222 valence electrons. The molecular weight excluding hydrogens is 536 g/mol. The average molecular weight is 575 g/mol. The van der Waals surface area contributed by atoms with E-state index < -0.39 is 5.91 Å². The summed E-state index contributed by atoms with van der Waals surface area (Å²) in [6.07, 6.45) is 1.15. The van der Waals surface area contributed by atoms with Crippen LogP contribution in [0.2, 0.25) is 0 Å². The van der Waals surface area contributed by atoms with Crippen LogP contribution in [0.15, 0.2) is 48.5 Å². The zero-order valence-corrected chi connectivity index (χ0v) is 23.3. The summed E-state index contributed by atoms with van der Waals surface area (Å²) < 4.78 is 0. The highest BCUT2D eigenvalue weighted by atomic mass is 16.2. The number of hydrogen-bond donors (Lipinski definition) is 7. The van der Waals surface area contributed by atoms with Gasteiger partial charge >= 0.3 is 0 Å². The molecule has 2 fully saturated rings. The van der Waals surface area contributed by atoms with Crippen LogP contribution in [0.4, 0.5) is 34.9 Å². The number of nitrogens with two attached hydrogens (primary N) is 5. The monoisotopic (exact) mass is 574 g/mol. The molecule has 14 nitrogen and oxygen atoms in total. The lowest BCUT2D eigenvalue weighted by atomic mass is 10.0. The third-order valence-corrected chi connectivity index (χ3v) is 7.16. The third-order valence-electron chi connectivity index (χ3n) is 7.16. The largest absolute Gasteiger partial charge is 0.399 e. The van der Waals surface area contributed by atoms with Gasteiger partial charge < -0.3 is 49.1 Å². The number of anilines is 6. The molecule has 12 N–H and O–H groups in total. The molecule has 3 heterocycles. The molecule has 1 aromatic heterocycles. The van der Waals surface area contributed by atoms with Gasteiger partial charge in [0.1, 0.15) is 0 Å². The van der Waals surface area contributed by atoms with Gasteiger partial charge in [0.2, 0.25) is 23.8 Å². The Bertz CT molecular complexity index is 1350. The molecule has 0 saturated carbocycles. The molecule has 0 unspecified atom stereocenters. The van der Waals surface area contributed by atoms with Crippen molar-refractivity contribution in [3.05, 3.63) is 54.1 Å². The minimum atomic E-state index is -0.424. The zero-order chi connectivity index (χ0) is 29.8. The topological polar surface area (TPSA) is 233 Å². The molecule has 14 heteroatoms. The lowest BCUT2D eigenvalue weighted by Crippen LogP contribution is -2.54. The van der Waals surface area contributed by atoms with Crippen molar-refractivity contribution in [3.63, 3.8) is 0 Å². The van der Waals surface area contributed by atoms with Crippen LogP contribution in [0.3, 0.4) is 0 Å². The van der Waals surface area contributed by atoms with Crippen molar-refractivity contribution < 1.29 is 9.59 Å². The van der Waals surface area contributed by atoms with E-state index in [0.29, 0.717) is 66.6 Å². The predicted molar refractivity (Wildman–Crippen MR) is 164 cm³/mol. The van der Waals surface area contributed by atoms with Gasteiger partial charge in [0.15, 0.2) is 5.78 Å². The summed E-state index contributed by atoms with van der Waals surface area (Å²) in [7, 11) is 0. The Morgan fingerprint density at radius 3 is 1.83 bits per heavy atom. The van der Waals surface area contributed by atoms with Gasteiger partial charge in [-0.2, -0.15) is 15.0 Å². The van der Waals surface area contributed by atoms with E-state index in [4.69, 9.17) is 33.7 Å². The lowest BCUT2D eigenvalue weighted by Gasteiger charge is -2.37. The Morgan fingerprint density at radius 2 is 1.31 bits per heavy atom. The highest BCUT2D eigenvalue weighted by molar-refractivity contribution is 6.11. The van der Waals surface area contributed by atoms with E-state index in [9.17, 15) is 9.59 Å². The van der Waals surface area contributed by atoms with Crippen molar-refractivity contribution in [1.82, 2.24) is 15.0 Å². The number of amides is 1. The van der Waals surface area contributed by atoms with Crippen LogP contribution in [0.25, 0.3) is 0 Å². The van der Waals surface area contributed by atoms with Gasteiger partial charge in [-0.25, -0.2) is 0 Å². The maximum Gasteiger partial charge on any atom is 0.233 e. The summed E-state index contributed by atoms with van der Waals surface area (Å²) in [5.41, 5.74) is 32.8. The number of aromatic nitrogens is 3. The molecular formula is C28H38N12O2. The van der Waals surface area contributed by atoms with Gasteiger partial charge in [-0.1, -0.05) is 6.07 Å². The molecule has 0 bridgehead atoms. The smallest absolute Gasteiger partial charge is 0.233 e. The minimum absolute atomic E-state index is 0.0970. The Morgan fingerprint density at radius 1 is 0.762 bits per heavy atom. The summed E-state index contributed by atoms with van der Waals surface area (Å²) in [5.74, 6) is 0.490. The SMILES string of the molecule is Nc1cccc(NC(=O)CC(=O)c2ccc(Nc3nc(N4C[C@H](N)C[C@H](N)C4)nc(N4C[C@H](N)C[C@H](N)C4)n3)cc2)c1. The highest BCUT2D eigenvalue weighted by Crippen LogP contribution is 2.24. The second-order valence-corrected chi connectivity index (χ2v) is 11.1. The molecule has 0 aliphatic carbocycles. The summed E-state index contributed by atoms with van der Waals surface area (Å²) >= 11 is 0. The fourth-order valence-corrected chi connectivity index (χ4v) is 5.31. The average Bonchev–Trinajstić information content (AvgIpc) is 2.92. The molecule has 4 atom stereocenters. The Labute approximate surface area is 244 Å². The molecule has 2 saturated heterocycles. The number of carbonyl (C=O) groups excluding carboxylic acids is 2. The maximum absolute atomic E-state index is 12.7. The number of hydrogen-bond acceptors (Lipinski definition) is 13. The molecule has 2 aromatic carbocycles. The fraction of sp³-hybridized carbons (Fsp3) is 0.393. The van der Waals surface area contributed by atoms with Crippen molar-refractivity contribution in [3.8, 4) is 0 Å². The first-order valence-corrected chi connectivity index (χ1v) is 13.9. The number of ketones is 1. The molecule has 5 rings (SSSR count). The molecule has 1 amide bonds. The number of nitrogen functional groups attached to an aromatic ring is 1. The van der Waals surface area contributed by atoms with E-state index in [1.807, 2.05) is 9.80 Å². The molecule has 2 aliphatic heterocycles. The Balaban J connectivity index is 1.31. The van der Waals surface area contributed by atoms with Gasteiger partial charge in [-0.15, -0.1) is 0 Å². The van der Waals surface area contributed by atoms with Crippen LogP contribution in [0, 0.1) is 0 Å². The van der Waals surface area contributed by atoms with Crippen LogP contribution in [-0.4, -0.2) is 77.0 Å². The predicted octanol–water partition coefficient (Wildman–Crippen LogP) is 0.138. The number of rotatable bonds is 8.